The average Bonchev–Trinajstić information content (AvgIpc) is 2.81. The predicted octanol–water partition coefficient (Wildman–Crippen LogP) is 0.314. The smallest absolute Gasteiger partial charge is 0.328 e. The highest BCUT2D eigenvalue weighted by Crippen LogP contribution is 2.41. The largest absolute Gasteiger partial charge is 0.481 e. The number of hydrogen-bond acceptors (Lipinski definition) is 4. The average molecular weight is 266 g/mol. The molecule has 0 aromatic carbocycles. The van der Waals surface area contributed by atoms with E-state index in [0.717, 1.165) is 12.8 Å². The second-order valence-electron chi connectivity index (χ2n) is 4.66. The Kier molecular flexibility index (Phi) is 3.37. The monoisotopic (exact) mass is 266 g/mol. The first-order chi connectivity index (χ1) is 8.96. The SMILES string of the molecule is O=C(O)CCC1(C2=CCCC2)C(=O)NC(=O)NC1=O. The lowest BCUT2D eigenvalue weighted by Gasteiger charge is -2.34. The number of urea groups is 1. The molecule has 1 heterocycles. The van der Waals surface area contributed by atoms with Crippen LogP contribution in [0.15, 0.2) is 11.6 Å². The van der Waals surface area contributed by atoms with Gasteiger partial charge < -0.3 is 5.11 Å². The van der Waals surface area contributed by atoms with Crippen LogP contribution in [0.2, 0.25) is 0 Å². The van der Waals surface area contributed by atoms with Gasteiger partial charge in [-0.25, -0.2) is 4.79 Å². The summed E-state index contributed by atoms with van der Waals surface area (Å²) in [6, 6.07) is -0.862. The van der Waals surface area contributed by atoms with Crippen LogP contribution in [0.4, 0.5) is 4.79 Å². The van der Waals surface area contributed by atoms with Crippen molar-refractivity contribution in [2.45, 2.75) is 32.1 Å². The van der Waals surface area contributed by atoms with Crippen LogP contribution in [0.5, 0.6) is 0 Å². The highest BCUT2D eigenvalue weighted by molar-refractivity contribution is 6.21. The second-order valence-corrected chi connectivity index (χ2v) is 4.66. The molecule has 1 saturated heterocycles. The number of nitrogens with one attached hydrogen (secondary N) is 2. The summed E-state index contributed by atoms with van der Waals surface area (Å²) in [5, 5.41) is 12.9. The van der Waals surface area contributed by atoms with Crippen molar-refractivity contribution >= 4 is 23.8 Å². The van der Waals surface area contributed by atoms with Crippen LogP contribution >= 0.6 is 0 Å². The molecule has 4 amide bonds. The Balaban J connectivity index is 2.37. The summed E-state index contributed by atoms with van der Waals surface area (Å²) in [6.45, 7) is 0. The van der Waals surface area contributed by atoms with Gasteiger partial charge in [-0.1, -0.05) is 6.08 Å². The molecule has 0 saturated carbocycles. The van der Waals surface area contributed by atoms with Crippen molar-refractivity contribution in [2.24, 2.45) is 5.41 Å². The summed E-state index contributed by atoms with van der Waals surface area (Å²) in [5.74, 6) is -2.54. The first kappa shape index (κ1) is 13.3. The molecule has 2 rings (SSSR count). The van der Waals surface area contributed by atoms with E-state index in [-0.39, 0.29) is 12.8 Å². The summed E-state index contributed by atoms with van der Waals surface area (Å²) >= 11 is 0. The number of aliphatic carboxylic acids is 1. The zero-order valence-electron chi connectivity index (χ0n) is 10.2. The number of carbonyl (C=O) groups is 4. The zero-order valence-corrected chi connectivity index (χ0v) is 10.2. The number of carbonyl (C=O) groups excluding carboxylic acids is 3. The first-order valence-electron chi connectivity index (χ1n) is 6.05. The highest BCUT2D eigenvalue weighted by Gasteiger charge is 2.52. The minimum Gasteiger partial charge on any atom is -0.481 e. The number of carboxylic acids is 1. The summed E-state index contributed by atoms with van der Waals surface area (Å²) in [7, 11) is 0. The van der Waals surface area contributed by atoms with Gasteiger partial charge >= 0.3 is 12.0 Å². The molecular weight excluding hydrogens is 252 g/mol. The van der Waals surface area contributed by atoms with Crippen LogP contribution in [0.25, 0.3) is 0 Å². The number of hydrogen-bond donors (Lipinski definition) is 3. The molecule has 0 unspecified atom stereocenters. The van der Waals surface area contributed by atoms with Gasteiger partial charge in [0.25, 0.3) is 0 Å². The van der Waals surface area contributed by atoms with Gasteiger partial charge in [-0.15, -0.1) is 0 Å². The fourth-order valence-corrected chi connectivity index (χ4v) is 2.59. The number of barbiturate groups is 1. The lowest BCUT2D eigenvalue weighted by molar-refractivity contribution is -0.143. The molecule has 7 heteroatoms. The van der Waals surface area contributed by atoms with Crippen molar-refractivity contribution in [1.82, 2.24) is 10.6 Å². The number of amides is 4. The zero-order chi connectivity index (χ0) is 14.0. The Bertz CT molecular complexity index is 474. The van der Waals surface area contributed by atoms with Gasteiger partial charge in [0, 0.05) is 6.42 Å². The van der Waals surface area contributed by atoms with E-state index in [9.17, 15) is 19.2 Å². The third-order valence-corrected chi connectivity index (χ3v) is 3.53. The number of allylic oxidation sites excluding steroid dienone is 1. The van der Waals surface area contributed by atoms with Crippen molar-refractivity contribution in [3.63, 3.8) is 0 Å². The van der Waals surface area contributed by atoms with Gasteiger partial charge in [0.1, 0.15) is 5.41 Å². The second kappa shape index (κ2) is 4.83. The van der Waals surface area contributed by atoms with E-state index < -0.39 is 29.2 Å². The maximum atomic E-state index is 12.1. The quantitative estimate of drug-likeness (QED) is 0.501. The molecule has 1 fully saturated rings. The third kappa shape index (κ3) is 2.23. The Morgan fingerprint density at radius 1 is 1.26 bits per heavy atom. The summed E-state index contributed by atoms with van der Waals surface area (Å²) in [5.41, 5.74) is -0.945. The normalized spacial score (nSPS) is 21.7. The molecule has 0 spiro atoms. The molecule has 1 aliphatic carbocycles. The van der Waals surface area contributed by atoms with Gasteiger partial charge in [0.05, 0.1) is 0 Å². The molecular formula is C12H14N2O5. The standard InChI is InChI=1S/C12H14N2O5/c15-8(16)5-6-12(7-3-1-2-4-7)9(17)13-11(19)14-10(12)18/h3H,1-2,4-6H2,(H,15,16)(H2,13,14,17,18,19). The van der Waals surface area contributed by atoms with E-state index >= 15 is 0 Å². The maximum Gasteiger partial charge on any atom is 0.328 e. The molecule has 2 aliphatic rings. The molecule has 0 bridgehead atoms. The predicted molar refractivity (Wildman–Crippen MR) is 62.9 cm³/mol. The number of imide groups is 2. The topological polar surface area (TPSA) is 113 Å². The van der Waals surface area contributed by atoms with Gasteiger partial charge in [-0.2, -0.15) is 0 Å². The lowest BCUT2D eigenvalue weighted by atomic mass is 9.73. The van der Waals surface area contributed by atoms with Gasteiger partial charge in [0.15, 0.2) is 0 Å². The van der Waals surface area contributed by atoms with E-state index in [4.69, 9.17) is 5.11 Å². The Morgan fingerprint density at radius 2 is 1.89 bits per heavy atom. The van der Waals surface area contributed by atoms with Crippen LogP contribution in [0, 0.1) is 5.41 Å². The van der Waals surface area contributed by atoms with Gasteiger partial charge in [0.2, 0.25) is 11.8 Å². The van der Waals surface area contributed by atoms with Crippen molar-refractivity contribution in [2.75, 3.05) is 0 Å². The number of rotatable bonds is 4. The lowest BCUT2D eigenvalue weighted by Crippen LogP contribution is -2.63. The first-order valence-corrected chi connectivity index (χ1v) is 6.05. The van der Waals surface area contributed by atoms with Crippen molar-refractivity contribution in [3.05, 3.63) is 11.6 Å². The maximum absolute atomic E-state index is 12.1. The third-order valence-electron chi connectivity index (χ3n) is 3.53. The van der Waals surface area contributed by atoms with E-state index in [1.807, 2.05) is 0 Å². The Morgan fingerprint density at radius 3 is 2.37 bits per heavy atom. The number of carboxylic acid groups (broad SMARTS) is 1. The van der Waals surface area contributed by atoms with Gasteiger partial charge in [-0.05, 0) is 31.3 Å². The minimum absolute atomic E-state index is 0.140. The minimum atomic E-state index is -1.55. The molecule has 0 atom stereocenters. The van der Waals surface area contributed by atoms with Crippen molar-refractivity contribution in [3.8, 4) is 0 Å². The van der Waals surface area contributed by atoms with E-state index in [1.165, 1.54) is 0 Å². The molecule has 7 nitrogen and oxygen atoms in total. The van der Waals surface area contributed by atoms with Crippen molar-refractivity contribution in [1.29, 1.82) is 0 Å². The molecule has 0 aromatic heterocycles. The van der Waals surface area contributed by atoms with Crippen LogP contribution in [0.1, 0.15) is 32.1 Å². The molecule has 0 aromatic rings. The van der Waals surface area contributed by atoms with Gasteiger partial charge in [-0.3, -0.25) is 25.0 Å². The molecule has 102 valence electrons. The van der Waals surface area contributed by atoms with Crippen LogP contribution in [-0.4, -0.2) is 28.9 Å². The van der Waals surface area contributed by atoms with E-state index in [0.29, 0.717) is 12.0 Å². The fraction of sp³-hybridized carbons (Fsp3) is 0.500. The molecule has 1 aliphatic heterocycles. The van der Waals surface area contributed by atoms with E-state index in [2.05, 4.69) is 10.6 Å². The summed E-state index contributed by atoms with van der Waals surface area (Å²) in [6.07, 6.45) is 3.47. The summed E-state index contributed by atoms with van der Waals surface area (Å²) in [4.78, 5) is 46.1. The van der Waals surface area contributed by atoms with Crippen LogP contribution in [0.3, 0.4) is 0 Å². The van der Waals surface area contributed by atoms with E-state index in [1.54, 1.807) is 6.08 Å². The Hall–Kier alpha value is -2.18. The van der Waals surface area contributed by atoms with Crippen molar-refractivity contribution < 1.29 is 24.3 Å². The van der Waals surface area contributed by atoms with Crippen LogP contribution in [-0.2, 0) is 14.4 Å². The fourth-order valence-electron chi connectivity index (χ4n) is 2.59. The highest BCUT2D eigenvalue weighted by atomic mass is 16.4. The molecule has 19 heavy (non-hydrogen) atoms. The molecule has 0 radical (unpaired) electrons. The molecule has 3 N–H and O–H groups in total. The summed E-state index contributed by atoms with van der Waals surface area (Å²) < 4.78 is 0. The van der Waals surface area contributed by atoms with Crippen LogP contribution < -0.4 is 10.6 Å². The Labute approximate surface area is 109 Å².